The van der Waals surface area contributed by atoms with E-state index in [0.717, 1.165) is 11.3 Å². The molecule has 0 radical (unpaired) electrons. The molecule has 4 nitrogen and oxygen atoms in total. The van der Waals surface area contributed by atoms with E-state index >= 15 is 0 Å². The molecule has 0 saturated heterocycles. The van der Waals surface area contributed by atoms with Crippen molar-refractivity contribution >= 4 is 5.82 Å². The Balaban J connectivity index is 2.14. The number of aromatic nitrogens is 3. The van der Waals surface area contributed by atoms with E-state index in [1.165, 1.54) is 6.33 Å². The Morgan fingerprint density at radius 1 is 1.22 bits per heavy atom. The van der Waals surface area contributed by atoms with Crippen LogP contribution >= 0.6 is 0 Å². The highest BCUT2D eigenvalue weighted by atomic mass is 19.1. The fourth-order valence-corrected chi connectivity index (χ4v) is 1.65. The predicted molar refractivity (Wildman–Crippen MR) is 67.7 cm³/mol. The molecule has 0 saturated carbocycles. The van der Waals surface area contributed by atoms with Crippen LogP contribution in [0.25, 0.3) is 0 Å². The number of aryl methyl sites for hydroxylation is 2. The lowest BCUT2D eigenvalue weighted by Crippen LogP contribution is -2.08. The summed E-state index contributed by atoms with van der Waals surface area (Å²) in [6.45, 7) is 4.28. The molecule has 0 aliphatic heterocycles. The van der Waals surface area contributed by atoms with Gasteiger partial charge in [0.15, 0.2) is 11.6 Å². The third-order valence-electron chi connectivity index (χ3n) is 2.74. The SMILES string of the molecule is CCc1ncnc(NCc2ncccc2C)c1F. The molecular weight excluding hydrogens is 231 g/mol. The monoisotopic (exact) mass is 246 g/mol. The highest BCUT2D eigenvalue weighted by Gasteiger charge is 2.09. The first-order chi connectivity index (χ1) is 8.72. The predicted octanol–water partition coefficient (Wildman–Crippen LogP) is 2.49. The van der Waals surface area contributed by atoms with E-state index in [9.17, 15) is 4.39 Å². The molecule has 0 aliphatic carbocycles. The van der Waals surface area contributed by atoms with Crippen LogP contribution in [0, 0.1) is 12.7 Å². The number of rotatable bonds is 4. The molecule has 5 heteroatoms. The highest BCUT2D eigenvalue weighted by molar-refractivity contribution is 5.38. The van der Waals surface area contributed by atoms with E-state index in [0.29, 0.717) is 18.7 Å². The van der Waals surface area contributed by atoms with Gasteiger partial charge in [-0.2, -0.15) is 0 Å². The summed E-state index contributed by atoms with van der Waals surface area (Å²) < 4.78 is 13.9. The van der Waals surface area contributed by atoms with Crippen LogP contribution in [0.3, 0.4) is 0 Å². The van der Waals surface area contributed by atoms with Crippen LogP contribution in [0.2, 0.25) is 0 Å². The molecule has 0 atom stereocenters. The zero-order valence-corrected chi connectivity index (χ0v) is 10.4. The summed E-state index contributed by atoms with van der Waals surface area (Å²) in [5.74, 6) is -0.152. The fraction of sp³-hybridized carbons (Fsp3) is 0.308. The number of halogens is 1. The lowest BCUT2D eigenvalue weighted by atomic mass is 10.2. The van der Waals surface area contributed by atoms with Crippen molar-refractivity contribution in [3.05, 3.63) is 47.4 Å². The van der Waals surface area contributed by atoms with Crippen molar-refractivity contribution < 1.29 is 4.39 Å². The zero-order valence-electron chi connectivity index (χ0n) is 10.4. The lowest BCUT2D eigenvalue weighted by Gasteiger charge is -2.09. The number of anilines is 1. The Labute approximate surface area is 105 Å². The molecule has 0 aliphatic rings. The van der Waals surface area contributed by atoms with E-state index in [1.807, 2.05) is 26.0 Å². The molecule has 1 N–H and O–H groups in total. The summed E-state index contributed by atoms with van der Waals surface area (Å²) in [4.78, 5) is 12.0. The van der Waals surface area contributed by atoms with Gasteiger partial charge in [0, 0.05) is 6.20 Å². The first kappa shape index (κ1) is 12.4. The molecule has 0 fully saturated rings. The van der Waals surface area contributed by atoms with Gasteiger partial charge in [-0.25, -0.2) is 14.4 Å². The van der Waals surface area contributed by atoms with Gasteiger partial charge in [-0.1, -0.05) is 13.0 Å². The van der Waals surface area contributed by atoms with Gasteiger partial charge in [0.1, 0.15) is 6.33 Å². The molecule has 0 unspecified atom stereocenters. The van der Waals surface area contributed by atoms with Crippen molar-refractivity contribution in [3.8, 4) is 0 Å². The number of hydrogen-bond acceptors (Lipinski definition) is 4. The Morgan fingerprint density at radius 3 is 2.78 bits per heavy atom. The van der Waals surface area contributed by atoms with Crippen LogP contribution < -0.4 is 5.32 Å². The molecule has 18 heavy (non-hydrogen) atoms. The van der Waals surface area contributed by atoms with Gasteiger partial charge >= 0.3 is 0 Å². The van der Waals surface area contributed by atoms with Crippen molar-refractivity contribution in [3.63, 3.8) is 0 Å². The van der Waals surface area contributed by atoms with Gasteiger partial charge in [-0.05, 0) is 25.0 Å². The zero-order chi connectivity index (χ0) is 13.0. The van der Waals surface area contributed by atoms with Crippen molar-refractivity contribution in [2.45, 2.75) is 26.8 Å². The van der Waals surface area contributed by atoms with Crippen LogP contribution in [0.1, 0.15) is 23.9 Å². The maximum Gasteiger partial charge on any atom is 0.186 e. The third kappa shape index (κ3) is 2.61. The molecule has 2 aromatic rings. The Bertz CT molecular complexity index is 542. The molecule has 0 bridgehead atoms. The van der Waals surface area contributed by atoms with Gasteiger partial charge in [-0.3, -0.25) is 4.98 Å². The molecule has 94 valence electrons. The Morgan fingerprint density at radius 2 is 2.06 bits per heavy atom. The molecule has 0 amide bonds. The number of nitrogens with one attached hydrogen (secondary N) is 1. The first-order valence-electron chi connectivity index (χ1n) is 5.86. The van der Waals surface area contributed by atoms with E-state index < -0.39 is 0 Å². The smallest absolute Gasteiger partial charge is 0.186 e. The van der Waals surface area contributed by atoms with Gasteiger partial charge in [0.05, 0.1) is 17.9 Å². The second-order valence-corrected chi connectivity index (χ2v) is 3.96. The highest BCUT2D eigenvalue weighted by Crippen LogP contribution is 2.14. The van der Waals surface area contributed by atoms with E-state index in [1.54, 1.807) is 6.20 Å². The third-order valence-corrected chi connectivity index (χ3v) is 2.74. The Kier molecular flexibility index (Phi) is 3.82. The van der Waals surface area contributed by atoms with Crippen LogP contribution in [-0.2, 0) is 13.0 Å². The summed E-state index contributed by atoms with van der Waals surface area (Å²) >= 11 is 0. The minimum Gasteiger partial charge on any atom is -0.362 e. The van der Waals surface area contributed by atoms with Gasteiger partial charge in [-0.15, -0.1) is 0 Å². The van der Waals surface area contributed by atoms with Crippen molar-refractivity contribution in [2.24, 2.45) is 0 Å². The second-order valence-electron chi connectivity index (χ2n) is 3.96. The van der Waals surface area contributed by atoms with Gasteiger partial charge in [0.2, 0.25) is 0 Å². The number of hydrogen-bond donors (Lipinski definition) is 1. The minimum absolute atomic E-state index is 0.229. The number of pyridine rings is 1. The van der Waals surface area contributed by atoms with Crippen molar-refractivity contribution in [1.29, 1.82) is 0 Å². The molecule has 2 heterocycles. The summed E-state index contributed by atoms with van der Waals surface area (Å²) in [7, 11) is 0. The molecule has 0 aromatic carbocycles. The standard InChI is InChI=1S/C13H15FN4/c1-3-10-12(14)13(18-8-17-10)16-7-11-9(2)5-4-6-15-11/h4-6,8H,3,7H2,1-2H3,(H,16,17,18). The summed E-state index contributed by atoms with van der Waals surface area (Å²) in [6, 6.07) is 3.84. The van der Waals surface area contributed by atoms with E-state index in [-0.39, 0.29) is 11.6 Å². The van der Waals surface area contributed by atoms with Crippen molar-refractivity contribution in [2.75, 3.05) is 5.32 Å². The molecular formula is C13H15FN4. The quantitative estimate of drug-likeness (QED) is 0.900. The first-order valence-corrected chi connectivity index (χ1v) is 5.86. The van der Waals surface area contributed by atoms with E-state index in [2.05, 4.69) is 20.3 Å². The maximum atomic E-state index is 13.9. The van der Waals surface area contributed by atoms with Crippen LogP contribution in [0.15, 0.2) is 24.7 Å². The summed E-state index contributed by atoms with van der Waals surface area (Å²) in [5, 5.41) is 2.96. The minimum atomic E-state index is -0.381. The number of nitrogens with zero attached hydrogens (tertiary/aromatic N) is 3. The van der Waals surface area contributed by atoms with Gasteiger partial charge < -0.3 is 5.32 Å². The van der Waals surface area contributed by atoms with Crippen LogP contribution in [0.4, 0.5) is 10.2 Å². The molecule has 2 rings (SSSR count). The normalized spacial score (nSPS) is 10.4. The van der Waals surface area contributed by atoms with Crippen LogP contribution in [-0.4, -0.2) is 15.0 Å². The molecule has 2 aromatic heterocycles. The summed E-state index contributed by atoms with van der Waals surface area (Å²) in [6.07, 6.45) is 3.64. The summed E-state index contributed by atoms with van der Waals surface area (Å²) in [5.41, 5.74) is 2.37. The van der Waals surface area contributed by atoms with Crippen LogP contribution in [0.5, 0.6) is 0 Å². The van der Waals surface area contributed by atoms with Crippen molar-refractivity contribution in [1.82, 2.24) is 15.0 Å². The second kappa shape index (κ2) is 5.53. The maximum absolute atomic E-state index is 13.9. The molecule has 0 spiro atoms. The largest absolute Gasteiger partial charge is 0.362 e. The van der Waals surface area contributed by atoms with E-state index in [4.69, 9.17) is 0 Å². The lowest BCUT2D eigenvalue weighted by molar-refractivity contribution is 0.596. The Hall–Kier alpha value is -2.04. The average Bonchev–Trinajstić information content (AvgIpc) is 2.39. The average molecular weight is 246 g/mol. The topological polar surface area (TPSA) is 50.7 Å². The fourth-order valence-electron chi connectivity index (χ4n) is 1.65. The van der Waals surface area contributed by atoms with Gasteiger partial charge in [0.25, 0.3) is 0 Å².